The van der Waals surface area contributed by atoms with Gasteiger partial charge in [0.15, 0.2) is 8.32 Å². The number of halogens is 4. The molecule has 2 heterocycles. The van der Waals surface area contributed by atoms with Gasteiger partial charge in [0.1, 0.15) is 11.7 Å². The third kappa shape index (κ3) is 5.46. The summed E-state index contributed by atoms with van der Waals surface area (Å²) in [5.74, 6) is 0.142. The van der Waals surface area contributed by atoms with Gasteiger partial charge in [0.2, 0.25) is 0 Å². The number of nitrogens with zero attached hydrogens (tertiary/aromatic N) is 1. The Morgan fingerprint density at radius 2 is 1.71 bits per heavy atom. The predicted molar refractivity (Wildman–Crippen MR) is 169 cm³/mol. The van der Waals surface area contributed by atoms with Crippen molar-refractivity contribution in [1.82, 2.24) is 4.98 Å². The number of hydrogen-bond acceptors (Lipinski definition) is 3. The van der Waals surface area contributed by atoms with Gasteiger partial charge in [0.25, 0.3) is 0 Å². The van der Waals surface area contributed by atoms with Crippen LogP contribution < -0.4 is 0 Å². The highest BCUT2D eigenvalue weighted by atomic mass is 127. The summed E-state index contributed by atoms with van der Waals surface area (Å²) in [5, 5.41) is 0.0549. The molecule has 1 fully saturated rings. The largest absolute Gasteiger partial charge is 0.416 e. The Morgan fingerprint density at radius 3 is 2.22 bits per heavy atom. The molecule has 0 amide bonds. The standard InChI is InChI=1S/C33H45F3INO2Si/c1-19(2)28-26-27(25-22(38-28)17-31(6,7)18-23(25)40-41(8,9)30(3,4)5)32(16-10-11-24(32)37)39-29(26)20-12-14-21(15-13-20)33(34,35)36/h12-15,19,23-24,29H,10-11,16-18H2,1-9H3/t23-,24?,29-,32?/m0/s1. The quantitative estimate of drug-likeness (QED) is 0.181. The zero-order valence-corrected chi connectivity index (χ0v) is 29.1. The summed E-state index contributed by atoms with van der Waals surface area (Å²) < 4.78 is 55.1. The molecule has 8 heteroatoms. The zero-order chi connectivity index (χ0) is 30.3. The molecule has 1 aliphatic heterocycles. The van der Waals surface area contributed by atoms with Gasteiger partial charge in [-0.3, -0.25) is 4.98 Å². The number of alkyl halides is 4. The summed E-state index contributed by atoms with van der Waals surface area (Å²) in [6, 6.07) is 5.58. The van der Waals surface area contributed by atoms with E-state index in [4.69, 9.17) is 14.1 Å². The summed E-state index contributed by atoms with van der Waals surface area (Å²) in [5.41, 5.74) is 5.32. The molecule has 4 atom stereocenters. The van der Waals surface area contributed by atoms with Crippen molar-refractivity contribution in [3.8, 4) is 0 Å². The lowest BCUT2D eigenvalue weighted by molar-refractivity contribution is -0.137. The van der Waals surface area contributed by atoms with E-state index >= 15 is 0 Å². The van der Waals surface area contributed by atoms with E-state index in [1.54, 1.807) is 12.1 Å². The molecule has 3 aliphatic rings. The van der Waals surface area contributed by atoms with Crippen LogP contribution in [0.15, 0.2) is 24.3 Å². The normalized spacial score (nSPS) is 27.9. The first-order valence-electron chi connectivity index (χ1n) is 15.0. The second-order valence-corrected chi connectivity index (χ2v) is 21.3. The van der Waals surface area contributed by atoms with E-state index in [-0.39, 0.29) is 26.4 Å². The Kier molecular flexibility index (Phi) is 7.90. The Balaban J connectivity index is 1.78. The Bertz CT molecular complexity index is 1320. The van der Waals surface area contributed by atoms with E-state index in [2.05, 4.69) is 84.2 Å². The smallest absolute Gasteiger partial charge is 0.410 e. The second-order valence-electron chi connectivity index (χ2n) is 15.1. The lowest BCUT2D eigenvalue weighted by Gasteiger charge is -2.45. The molecule has 5 rings (SSSR count). The van der Waals surface area contributed by atoms with Crippen molar-refractivity contribution in [1.29, 1.82) is 0 Å². The Hall–Kier alpha value is -0.973. The van der Waals surface area contributed by atoms with Crippen molar-refractivity contribution < 1.29 is 22.3 Å². The summed E-state index contributed by atoms with van der Waals surface area (Å²) in [7, 11) is -2.14. The van der Waals surface area contributed by atoms with Crippen LogP contribution in [-0.4, -0.2) is 17.2 Å². The Morgan fingerprint density at radius 1 is 1.07 bits per heavy atom. The van der Waals surface area contributed by atoms with Crippen LogP contribution in [0, 0.1) is 5.41 Å². The van der Waals surface area contributed by atoms with Gasteiger partial charge in [-0.25, -0.2) is 0 Å². The summed E-state index contributed by atoms with van der Waals surface area (Å²) in [6.07, 6.45) is -0.136. The molecule has 226 valence electrons. The number of benzene rings is 1. The van der Waals surface area contributed by atoms with Crippen LogP contribution in [0.2, 0.25) is 18.1 Å². The monoisotopic (exact) mass is 699 g/mol. The summed E-state index contributed by atoms with van der Waals surface area (Å²) in [6.45, 7) is 20.4. The first-order valence-corrected chi connectivity index (χ1v) is 19.2. The number of pyridine rings is 1. The van der Waals surface area contributed by atoms with Crippen LogP contribution in [0.3, 0.4) is 0 Å². The van der Waals surface area contributed by atoms with Crippen LogP contribution in [0.1, 0.15) is 131 Å². The summed E-state index contributed by atoms with van der Waals surface area (Å²) in [4.78, 5) is 5.41. The fraction of sp³-hybridized carbons (Fsp3) is 0.667. The third-order valence-corrected chi connectivity index (χ3v) is 16.1. The molecule has 0 bridgehead atoms. The molecular formula is C33H45F3INO2Si. The van der Waals surface area contributed by atoms with E-state index in [1.807, 2.05) is 0 Å². The lowest BCUT2D eigenvalue weighted by atomic mass is 9.70. The third-order valence-electron chi connectivity index (χ3n) is 9.94. The van der Waals surface area contributed by atoms with Crippen LogP contribution in [0.5, 0.6) is 0 Å². The van der Waals surface area contributed by atoms with Gasteiger partial charge in [0, 0.05) is 32.0 Å². The molecule has 1 aromatic heterocycles. The number of hydrogen-bond donors (Lipinski definition) is 0. The fourth-order valence-corrected chi connectivity index (χ4v) is 9.32. The van der Waals surface area contributed by atoms with Gasteiger partial charge in [-0.15, -0.1) is 0 Å². The van der Waals surface area contributed by atoms with Gasteiger partial charge in [0.05, 0.1) is 11.7 Å². The highest BCUT2D eigenvalue weighted by Crippen LogP contribution is 2.62. The van der Waals surface area contributed by atoms with E-state index in [0.29, 0.717) is 0 Å². The van der Waals surface area contributed by atoms with Gasteiger partial charge >= 0.3 is 6.18 Å². The molecule has 3 nitrogen and oxygen atoms in total. The fourth-order valence-electron chi connectivity index (χ4n) is 6.85. The average molecular weight is 700 g/mol. The minimum absolute atomic E-state index is 0.0361. The van der Waals surface area contributed by atoms with Crippen molar-refractivity contribution in [2.75, 3.05) is 0 Å². The van der Waals surface area contributed by atoms with Crippen LogP contribution >= 0.6 is 22.6 Å². The molecule has 2 unspecified atom stereocenters. The molecule has 0 N–H and O–H groups in total. The van der Waals surface area contributed by atoms with Crippen molar-refractivity contribution in [3.63, 3.8) is 0 Å². The highest BCUT2D eigenvalue weighted by Gasteiger charge is 2.57. The van der Waals surface area contributed by atoms with Gasteiger partial charge < -0.3 is 9.16 Å². The van der Waals surface area contributed by atoms with Gasteiger partial charge in [-0.1, -0.05) is 83.2 Å². The number of rotatable bonds is 4. The molecule has 1 saturated carbocycles. The van der Waals surface area contributed by atoms with Crippen molar-refractivity contribution in [2.24, 2.45) is 5.41 Å². The molecule has 41 heavy (non-hydrogen) atoms. The average Bonchev–Trinajstić information content (AvgIpc) is 3.37. The topological polar surface area (TPSA) is 31.4 Å². The first-order chi connectivity index (χ1) is 18.8. The summed E-state index contributed by atoms with van der Waals surface area (Å²) >= 11 is 2.56. The van der Waals surface area contributed by atoms with Crippen molar-refractivity contribution in [3.05, 3.63) is 63.5 Å². The van der Waals surface area contributed by atoms with E-state index < -0.39 is 31.8 Å². The van der Waals surface area contributed by atoms with E-state index in [0.717, 1.165) is 54.6 Å². The first kappa shape index (κ1) is 31.5. The molecule has 0 saturated heterocycles. The van der Waals surface area contributed by atoms with Crippen LogP contribution in [0.4, 0.5) is 13.2 Å². The number of fused-ring (bicyclic) bond motifs is 4. The maximum absolute atomic E-state index is 13.5. The number of ether oxygens (including phenoxy) is 1. The zero-order valence-electron chi connectivity index (χ0n) is 25.9. The second kappa shape index (κ2) is 10.3. The molecule has 0 radical (unpaired) electrons. The molecule has 2 aliphatic carbocycles. The highest BCUT2D eigenvalue weighted by molar-refractivity contribution is 14.1. The van der Waals surface area contributed by atoms with Crippen LogP contribution in [-0.2, 0) is 27.4 Å². The Labute approximate surface area is 258 Å². The lowest BCUT2D eigenvalue weighted by Crippen LogP contribution is -2.44. The van der Waals surface area contributed by atoms with Crippen molar-refractivity contribution >= 4 is 30.9 Å². The van der Waals surface area contributed by atoms with E-state index in [1.165, 1.54) is 23.3 Å². The van der Waals surface area contributed by atoms with Gasteiger partial charge in [-0.05, 0) is 79.3 Å². The van der Waals surface area contributed by atoms with Gasteiger partial charge in [-0.2, -0.15) is 13.2 Å². The minimum Gasteiger partial charge on any atom is -0.410 e. The minimum atomic E-state index is -4.38. The van der Waals surface area contributed by atoms with Crippen molar-refractivity contribution in [2.45, 2.75) is 133 Å². The maximum atomic E-state index is 13.5. The van der Waals surface area contributed by atoms with Crippen LogP contribution in [0.25, 0.3) is 0 Å². The molecule has 1 aromatic carbocycles. The molecular weight excluding hydrogens is 654 g/mol. The SMILES string of the molecule is CC(C)c1nc2c(c3c1[C@H](c1ccc(C(F)(F)F)cc1)OC31CCCC1I)[C@@H](O[Si](C)(C)C(C)(C)C)CC(C)(C)C2. The molecule has 1 spiro atoms. The van der Waals surface area contributed by atoms with E-state index in [9.17, 15) is 13.2 Å². The molecule has 2 aromatic rings. The maximum Gasteiger partial charge on any atom is 0.416 e. The number of aromatic nitrogens is 1. The predicted octanol–water partition coefficient (Wildman–Crippen LogP) is 10.6.